The van der Waals surface area contributed by atoms with Crippen molar-refractivity contribution in [3.05, 3.63) is 41.5 Å². The van der Waals surface area contributed by atoms with E-state index in [-0.39, 0.29) is 5.25 Å². The summed E-state index contributed by atoms with van der Waals surface area (Å²) in [5, 5.41) is 9.54. The van der Waals surface area contributed by atoms with Crippen LogP contribution in [0, 0.1) is 6.92 Å². The van der Waals surface area contributed by atoms with Gasteiger partial charge in [0.1, 0.15) is 0 Å². The molecule has 2 nitrogen and oxygen atoms in total. The number of hydrogen-bond donors (Lipinski definition) is 1. The van der Waals surface area contributed by atoms with E-state index < -0.39 is 16.9 Å². The lowest BCUT2D eigenvalue weighted by atomic mass is 10.1. The molecule has 0 aliphatic carbocycles. The number of aliphatic hydroxyl groups excluding tert-OH is 1. The predicted octanol–water partition coefficient (Wildman–Crippen LogP) is 3.21. The average molecular weight is 266 g/mol. The molecule has 1 rings (SSSR count). The van der Waals surface area contributed by atoms with Crippen LogP contribution in [0.5, 0.6) is 0 Å². The van der Waals surface area contributed by atoms with E-state index in [1.165, 1.54) is 5.57 Å². The van der Waals surface area contributed by atoms with Crippen molar-refractivity contribution in [3.8, 4) is 0 Å². The maximum atomic E-state index is 12.4. The maximum absolute atomic E-state index is 12.4. The molecule has 0 bridgehead atoms. The van der Waals surface area contributed by atoms with Crippen LogP contribution in [0.2, 0.25) is 0 Å². The molecule has 3 atom stereocenters. The molecule has 18 heavy (non-hydrogen) atoms. The largest absolute Gasteiger partial charge is 0.392 e. The van der Waals surface area contributed by atoms with Crippen LogP contribution in [-0.4, -0.2) is 20.7 Å². The third-order valence-corrected chi connectivity index (χ3v) is 4.70. The van der Waals surface area contributed by atoms with Crippen molar-refractivity contribution >= 4 is 10.8 Å². The Kier molecular flexibility index (Phi) is 5.76. The van der Waals surface area contributed by atoms with Crippen LogP contribution >= 0.6 is 0 Å². The van der Waals surface area contributed by atoms with Gasteiger partial charge in [-0.1, -0.05) is 29.3 Å². The minimum absolute atomic E-state index is 0.248. The van der Waals surface area contributed by atoms with Crippen molar-refractivity contribution in [3.63, 3.8) is 0 Å². The van der Waals surface area contributed by atoms with Gasteiger partial charge in [0, 0.05) is 4.90 Å². The first-order valence-electron chi connectivity index (χ1n) is 6.20. The fourth-order valence-corrected chi connectivity index (χ4v) is 3.04. The van der Waals surface area contributed by atoms with E-state index in [2.05, 4.69) is 0 Å². The van der Waals surface area contributed by atoms with Gasteiger partial charge in [-0.25, -0.2) is 0 Å². The summed E-state index contributed by atoms with van der Waals surface area (Å²) in [5.41, 5.74) is 2.33. The normalized spacial score (nSPS) is 15.8. The zero-order chi connectivity index (χ0) is 13.7. The molecule has 1 aromatic rings. The first kappa shape index (κ1) is 15.1. The van der Waals surface area contributed by atoms with Gasteiger partial charge < -0.3 is 5.11 Å². The summed E-state index contributed by atoms with van der Waals surface area (Å²) in [5.74, 6) is 0. The summed E-state index contributed by atoms with van der Waals surface area (Å²) in [4.78, 5) is 0.786. The monoisotopic (exact) mass is 266 g/mol. The molecule has 0 aliphatic rings. The third-order valence-electron chi connectivity index (χ3n) is 2.82. The second-order valence-corrected chi connectivity index (χ2v) is 6.58. The number of aryl methyl sites for hydroxylation is 1. The summed E-state index contributed by atoms with van der Waals surface area (Å²) >= 11 is 0. The van der Waals surface area contributed by atoms with E-state index in [9.17, 15) is 9.32 Å². The first-order valence-corrected chi connectivity index (χ1v) is 7.41. The lowest BCUT2D eigenvalue weighted by molar-refractivity contribution is 0.190. The summed E-state index contributed by atoms with van der Waals surface area (Å²) in [7, 11) is -1.17. The average Bonchev–Trinajstić information content (AvgIpc) is 2.29. The molecule has 100 valence electrons. The van der Waals surface area contributed by atoms with E-state index in [1.807, 2.05) is 51.1 Å². The Morgan fingerprint density at radius 1 is 1.33 bits per heavy atom. The first-order chi connectivity index (χ1) is 8.41. The van der Waals surface area contributed by atoms with Crippen LogP contribution in [0.3, 0.4) is 0 Å². The van der Waals surface area contributed by atoms with Gasteiger partial charge in [0.05, 0.1) is 22.2 Å². The van der Waals surface area contributed by atoms with Gasteiger partial charge >= 0.3 is 0 Å². The minimum atomic E-state index is -1.17. The lowest BCUT2D eigenvalue weighted by Crippen LogP contribution is -2.27. The van der Waals surface area contributed by atoms with Crippen LogP contribution in [0.4, 0.5) is 0 Å². The third kappa shape index (κ3) is 4.39. The molecule has 0 aliphatic heterocycles. The highest BCUT2D eigenvalue weighted by atomic mass is 32.2. The summed E-state index contributed by atoms with van der Waals surface area (Å²) in [6.07, 6.45) is 2.09. The van der Waals surface area contributed by atoms with Crippen molar-refractivity contribution in [2.45, 2.75) is 50.4 Å². The van der Waals surface area contributed by atoms with Gasteiger partial charge in [0.2, 0.25) is 0 Å². The number of benzene rings is 1. The van der Waals surface area contributed by atoms with Gasteiger partial charge in [-0.15, -0.1) is 0 Å². The standard InChI is InChI=1S/C15H22O2S/c1-11(2)5-10-15(13(4)16)18(17)14-8-6-12(3)7-9-14/h5-9,13,15-16H,10H2,1-4H3/t13-,15-,18?/m1/s1. The Morgan fingerprint density at radius 3 is 2.33 bits per heavy atom. The molecule has 0 saturated carbocycles. The highest BCUT2D eigenvalue weighted by Gasteiger charge is 2.22. The minimum Gasteiger partial charge on any atom is -0.392 e. The molecule has 0 radical (unpaired) electrons. The van der Waals surface area contributed by atoms with E-state index in [0.29, 0.717) is 6.42 Å². The van der Waals surface area contributed by atoms with Crippen molar-refractivity contribution in [2.75, 3.05) is 0 Å². The summed E-state index contributed by atoms with van der Waals surface area (Å²) in [6, 6.07) is 7.66. The number of aliphatic hydroxyl groups is 1. The molecule has 0 aromatic heterocycles. The molecule has 1 aromatic carbocycles. The molecule has 0 heterocycles. The van der Waals surface area contributed by atoms with Gasteiger partial charge in [-0.05, 0) is 46.2 Å². The quantitative estimate of drug-likeness (QED) is 0.831. The molecule has 1 unspecified atom stereocenters. The second-order valence-electron chi connectivity index (χ2n) is 4.91. The Bertz CT molecular complexity index is 428. The highest BCUT2D eigenvalue weighted by Crippen LogP contribution is 2.18. The van der Waals surface area contributed by atoms with Crippen molar-refractivity contribution in [1.29, 1.82) is 0 Å². The highest BCUT2D eigenvalue weighted by molar-refractivity contribution is 7.85. The van der Waals surface area contributed by atoms with E-state index in [1.54, 1.807) is 6.92 Å². The fraction of sp³-hybridized carbons (Fsp3) is 0.467. The SMILES string of the molecule is CC(C)=CC[C@H]([C@@H](C)O)S(=O)c1ccc(C)cc1. The molecule has 0 saturated heterocycles. The van der Waals surface area contributed by atoms with Crippen LogP contribution in [0.25, 0.3) is 0 Å². The summed E-state index contributed by atoms with van der Waals surface area (Å²) in [6.45, 7) is 7.72. The Morgan fingerprint density at radius 2 is 1.89 bits per heavy atom. The van der Waals surface area contributed by atoms with Gasteiger partial charge in [-0.2, -0.15) is 0 Å². The molecule has 0 spiro atoms. The zero-order valence-electron chi connectivity index (χ0n) is 11.5. The molecule has 0 fully saturated rings. The van der Waals surface area contributed by atoms with E-state index in [0.717, 1.165) is 10.5 Å². The van der Waals surface area contributed by atoms with Crippen LogP contribution < -0.4 is 0 Å². The molecular weight excluding hydrogens is 244 g/mol. The van der Waals surface area contributed by atoms with Crippen molar-refractivity contribution in [2.24, 2.45) is 0 Å². The van der Waals surface area contributed by atoms with E-state index in [4.69, 9.17) is 0 Å². The van der Waals surface area contributed by atoms with Gasteiger partial charge in [-0.3, -0.25) is 4.21 Å². The van der Waals surface area contributed by atoms with Gasteiger partial charge in [0.15, 0.2) is 0 Å². The molecule has 3 heteroatoms. The molecule has 0 amide bonds. The lowest BCUT2D eigenvalue weighted by Gasteiger charge is -2.18. The fourth-order valence-electron chi connectivity index (χ4n) is 1.66. The van der Waals surface area contributed by atoms with Crippen molar-refractivity contribution < 1.29 is 9.32 Å². The van der Waals surface area contributed by atoms with Gasteiger partial charge in [0.25, 0.3) is 0 Å². The molecule has 1 N–H and O–H groups in total. The topological polar surface area (TPSA) is 37.3 Å². The second kappa shape index (κ2) is 6.86. The summed E-state index contributed by atoms with van der Waals surface area (Å²) < 4.78 is 12.4. The van der Waals surface area contributed by atoms with Crippen LogP contribution in [-0.2, 0) is 10.8 Å². The Balaban J connectivity index is 2.89. The number of allylic oxidation sites excluding steroid dienone is 2. The smallest absolute Gasteiger partial charge is 0.0685 e. The number of rotatable bonds is 5. The predicted molar refractivity (Wildman–Crippen MR) is 77.1 cm³/mol. The van der Waals surface area contributed by atoms with Crippen LogP contribution in [0.1, 0.15) is 32.8 Å². The zero-order valence-corrected chi connectivity index (χ0v) is 12.3. The molecular formula is C15H22O2S. The maximum Gasteiger partial charge on any atom is 0.0685 e. The van der Waals surface area contributed by atoms with Crippen molar-refractivity contribution in [1.82, 2.24) is 0 Å². The van der Waals surface area contributed by atoms with E-state index >= 15 is 0 Å². The Hall–Kier alpha value is -0.930. The van der Waals surface area contributed by atoms with Crippen LogP contribution in [0.15, 0.2) is 40.8 Å². The number of hydrogen-bond acceptors (Lipinski definition) is 2. The Labute approximate surface area is 112 Å².